The minimum Gasteiger partial charge on any atom is -0.424 e. The largest absolute Gasteiger partial charge is 0.424 e. The molecule has 2 heterocycles. The average molecular weight is 309 g/mol. The summed E-state index contributed by atoms with van der Waals surface area (Å²) in [7, 11) is 0.416. The quantitative estimate of drug-likeness (QED) is 0.720. The predicted molar refractivity (Wildman–Crippen MR) is 81.3 cm³/mol. The maximum atomic E-state index is 5.70. The highest BCUT2D eigenvalue weighted by molar-refractivity contribution is 7.25. The van der Waals surface area contributed by atoms with E-state index in [1.807, 2.05) is 0 Å². The summed E-state index contributed by atoms with van der Waals surface area (Å²) in [6.45, 7) is 6.38. The molecule has 2 fully saturated rings. The molecule has 2 atom stereocenters. The van der Waals surface area contributed by atoms with Crippen molar-refractivity contribution < 1.29 is 17.7 Å². The number of hydrogen-bond donors (Lipinski definition) is 0. The normalized spacial score (nSPS) is 32.7. The molecular weight excluding hydrogens is 280 g/mol. The summed E-state index contributed by atoms with van der Waals surface area (Å²) in [6, 6.07) is 1.42. The monoisotopic (exact) mass is 308 g/mol. The second kappa shape index (κ2) is 8.62. The Hall–Kier alpha value is 0.491. The molecule has 2 unspecified atom stereocenters. The van der Waals surface area contributed by atoms with E-state index in [2.05, 4.69) is 13.5 Å². The summed E-state index contributed by atoms with van der Waals surface area (Å²) >= 11 is 0. The van der Waals surface area contributed by atoms with Gasteiger partial charge in [0.15, 0.2) is 9.76 Å². The molecule has 0 aromatic carbocycles. The molecule has 0 aromatic rings. The van der Waals surface area contributed by atoms with Gasteiger partial charge in [-0.3, -0.25) is 0 Å². The van der Waals surface area contributed by atoms with E-state index in [1.165, 1.54) is 18.9 Å². The molecule has 2 aliphatic rings. The van der Waals surface area contributed by atoms with E-state index >= 15 is 0 Å². The molecule has 7 heteroatoms. The highest BCUT2D eigenvalue weighted by Crippen LogP contribution is 2.32. The zero-order chi connectivity index (χ0) is 13.4. The Labute approximate surface area is 116 Å². The first kappa shape index (κ1) is 16.5. The lowest BCUT2D eigenvalue weighted by atomic mass is 10.3. The molecule has 108 valence electrons. The Balaban J connectivity index is 0.000000225. The smallest absolute Gasteiger partial charge is 0.347 e. The summed E-state index contributed by atoms with van der Waals surface area (Å²) in [5, 5.41) is 0. The molecule has 4 nitrogen and oxygen atoms in total. The molecule has 18 heavy (non-hydrogen) atoms. The van der Waals surface area contributed by atoms with Crippen LogP contribution in [-0.4, -0.2) is 53.8 Å². The zero-order valence-electron chi connectivity index (χ0n) is 12.2. The summed E-state index contributed by atoms with van der Waals surface area (Å²) in [6.07, 6.45) is 3.84. The molecule has 0 saturated carbocycles. The van der Waals surface area contributed by atoms with Gasteiger partial charge in [-0.05, 0) is 25.4 Å². The average Bonchev–Trinajstić information content (AvgIpc) is 2.43. The van der Waals surface area contributed by atoms with Gasteiger partial charge in [-0.2, -0.15) is 0 Å². The molecular formula is C11H28O4Si3. The Kier molecular flexibility index (Phi) is 7.92. The van der Waals surface area contributed by atoms with Crippen LogP contribution in [0.2, 0.25) is 18.1 Å². The Morgan fingerprint density at radius 1 is 1.22 bits per heavy atom. The van der Waals surface area contributed by atoms with Crippen LogP contribution >= 0.6 is 0 Å². The van der Waals surface area contributed by atoms with Crippen molar-refractivity contribution in [3.63, 3.8) is 0 Å². The fourth-order valence-corrected chi connectivity index (χ4v) is 13.4. The first-order valence-electron chi connectivity index (χ1n) is 6.97. The van der Waals surface area contributed by atoms with Gasteiger partial charge < -0.3 is 17.7 Å². The van der Waals surface area contributed by atoms with Crippen molar-refractivity contribution in [2.24, 2.45) is 0 Å². The Bertz CT molecular complexity index is 199. The van der Waals surface area contributed by atoms with Gasteiger partial charge in [-0.1, -0.05) is 13.3 Å². The highest BCUT2D eigenvalue weighted by atomic mass is 29.3. The number of rotatable bonds is 2. The van der Waals surface area contributed by atoms with Crippen LogP contribution in [0.5, 0.6) is 0 Å². The Morgan fingerprint density at radius 2 is 1.94 bits per heavy atom. The third-order valence-corrected chi connectivity index (χ3v) is 17.1. The Morgan fingerprint density at radius 3 is 2.22 bits per heavy atom. The minimum atomic E-state index is -1.92. The van der Waals surface area contributed by atoms with E-state index in [0.29, 0.717) is 5.54 Å². The van der Waals surface area contributed by atoms with E-state index in [9.17, 15) is 0 Å². The van der Waals surface area contributed by atoms with Crippen molar-refractivity contribution in [1.82, 2.24) is 0 Å². The second-order valence-corrected chi connectivity index (χ2v) is 16.2. The second-order valence-electron chi connectivity index (χ2n) is 5.01. The maximum absolute atomic E-state index is 5.70. The summed E-state index contributed by atoms with van der Waals surface area (Å²) in [5.41, 5.74) is 0.586. The lowest BCUT2D eigenvalue weighted by Crippen LogP contribution is -2.61. The van der Waals surface area contributed by atoms with Gasteiger partial charge in [0.25, 0.3) is 0 Å². The van der Waals surface area contributed by atoms with Crippen LogP contribution in [0.1, 0.15) is 26.2 Å². The maximum Gasteiger partial charge on any atom is 0.347 e. The van der Waals surface area contributed by atoms with Gasteiger partial charge in [0, 0.05) is 33.0 Å². The first-order chi connectivity index (χ1) is 8.67. The third kappa shape index (κ3) is 4.26. The van der Waals surface area contributed by atoms with Gasteiger partial charge in [-0.25, -0.2) is 0 Å². The van der Waals surface area contributed by atoms with E-state index in [4.69, 9.17) is 17.7 Å². The zero-order valence-corrected chi connectivity index (χ0v) is 15.8. The van der Waals surface area contributed by atoms with Crippen molar-refractivity contribution in [3.05, 3.63) is 0 Å². The van der Waals surface area contributed by atoms with Crippen molar-refractivity contribution in [3.8, 4) is 0 Å². The molecule has 0 radical (unpaired) electrons. The summed E-state index contributed by atoms with van der Waals surface area (Å²) < 4.78 is 22.1. The van der Waals surface area contributed by atoms with Crippen molar-refractivity contribution >= 4 is 26.4 Å². The first-order valence-corrected chi connectivity index (χ1v) is 13.9. The molecule has 0 aliphatic carbocycles. The minimum absolute atomic E-state index is 0.00849. The SMILES string of the molecule is C1CC[SiH2]OC1.CO[Si]1(OC)C(C)CCO[SiH]1C. The van der Waals surface area contributed by atoms with Crippen molar-refractivity contribution in [2.45, 2.75) is 44.3 Å². The van der Waals surface area contributed by atoms with Gasteiger partial charge >= 0.3 is 8.08 Å². The molecule has 0 N–H and O–H groups in total. The highest BCUT2D eigenvalue weighted by Gasteiger charge is 2.51. The standard InChI is InChI=1S/C7H18O3Si2.C4H10OSi/c1-7-5-6-10-11(4)12(7,8-2)9-3;1-2-4-6-5-3-1/h7,11H,5-6H2,1-4H3;1-4,6H2. The van der Waals surface area contributed by atoms with Gasteiger partial charge in [0.05, 0.1) is 0 Å². The third-order valence-electron chi connectivity index (χ3n) is 3.89. The van der Waals surface area contributed by atoms with Gasteiger partial charge in [0.1, 0.15) is 0 Å². The van der Waals surface area contributed by atoms with E-state index in [-0.39, 0.29) is 9.76 Å². The van der Waals surface area contributed by atoms with Crippen LogP contribution in [0.25, 0.3) is 0 Å². The molecule has 0 bridgehead atoms. The molecule has 2 rings (SSSR count). The topological polar surface area (TPSA) is 36.9 Å². The van der Waals surface area contributed by atoms with Gasteiger partial charge in [-0.15, -0.1) is 0 Å². The number of hydrogen-bond acceptors (Lipinski definition) is 4. The van der Waals surface area contributed by atoms with Crippen LogP contribution in [0.3, 0.4) is 0 Å². The van der Waals surface area contributed by atoms with Crippen LogP contribution < -0.4 is 0 Å². The van der Waals surface area contributed by atoms with Crippen LogP contribution in [0.15, 0.2) is 0 Å². The lowest BCUT2D eigenvalue weighted by molar-refractivity contribution is 0.206. The van der Waals surface area contributed by atoms with Crippen LogP contribution in [-0.2, 0) is 17.7 Å². The van der Waals surface area contributed by atoms with E-state index in [0.717, 1.165) is 19.6 Å². The van der Waals surface area contributed by atoms with Crippen molar-refractivity contribution in [2.75, 3.05) is 27.4 Å². The van der Waals surface area contributed by atoms with E-state index in [1.54, 1.807) is 14.2 Å². The fourth-order valence-electron chi connectivity index (χ4n) is 2.64. The van der Waals surface area contributed by atoms with Crippen molar-refractivity contribution in [1.29, 1.82) is 0 Å². The van der Waals surface area contributed by atoms with Crippen LogP contribution in [0, 0.1) is 0 Å². The lowest BCUT2D eigenvalue weighted by Gasteiger charge is -2.40. The van der Waals surface area contributed by atoms with E-state index < -0.39 is 16.6 Å². The predicted octanol–water partition coefficient (Wildman–Crippen LogP) is 1.26. The molecule has 0 amide bonds. The molecule has 2 saturated heterocycles. The van der Waals surface area contributed by atoms with Gasteiger partial charge in [0.2, 0.25) is 8.56 Å². The summed E-state index contributed by atoms with van der Waals surface area (Å²) in [5.74, 6) is 0. The van der Waals surface area contributed by atoms with Crippen LogP contribution in [0.4, 0.5) is 0 Å². The molecule has 0 spiro atoms. The molecule has 2 aliphatic heterocycles. The molecule has 0 aromatic heterocycles. The fraction of sp³-hybridized carbons (Fsp3) is 1.00. The summed E-state index contributed by atoms with van der Waals surface area (Å²) in [4.78, 5) is 0.